The topological polar surface area (TPSA) is 85.4 Å². The van der Waals surface area contributed by atoms with Crippen molar-refractivity contribution in [3.8, 4) is 9.88 Å². The number of esters is 1. The molecule has 3 rings (SSSR count). The number of Topliss-reactive ketones (excluding diaryl/α,β-unsaturated/α-hetero) is 1. The molecule has 0 aliphatic carbocycles. The van der Waals surface area contributed by atoms with Gasteiger partial charge in [0.25, 0.3) is 5.91 Å². The summed E-state index contributed by atoms with van der Waals surface area (Å²) >= 11 is 2.87. The third-order valence-corrected chi connectivity index (χ3v) is 5.54. The number of carbonyl (C=O) groups is 3. The number of nitrogens with one attached hydrogen (secondary N) is 1. The molecule has 27 heavy (non-hydrogen) atoms. The van der Waals surface area contributed by atoms with Gasteiger partial charge in [0.05, 0.1) is 10.6 Å². The number of hydrogen-bond acceptors (Lipinski definition) is 7. The lowest BCUT2D eigenvalue weighted by Gasteiger charge is -2.14. The molecule has 0 bridgehead atoms. The first kappa shape index (κ1) is 18.9. The highest BCUT2D eigenvalue weighted by molar-refractivity contribution is 7.20. The van der Waals surface area contributed by atoms with Gasteiger partial charge in [-0.2, -0.15) is 0 Å². The lowest BCUT2D eigenvalue weighted by Crippen LogP contribution is -2.30. The Morgan fingerprint density at radius 1 is 1.11 bits per heavy atom. The average Bonchev–Trinajstić information content (AvgIpc) is 3.33. The highest BCUT2D eigenvalue weighted by atomic mass is 32.1. The number of thiazole rings is 1. The van der Waals surface area contributed by atoms with Crippen molar-refractivity contribution >= 4 is 46.0 Å². The Hall–Kier alpha value is -2.84. The van der Waals surface area contributed by atoms with Gasteiger partial charge in [-0.25, -0.2) is 9.78 Å². The first-order valence-corrected chi connectivity index (χ1v) is 9.83. The van der Waals surface area contributed by atoms with Gasteiger partial charge in [-0.1, -0.05) is 18.2 Å². The molecule has 1 aromatic carbocycles. The SMILES string of the molecule is CC(=O)c1ccccc1NC(=O)[C@@H](C)OC(=O)c1csc(-c2cccs2)n1. The number of amides is 1. The van der Waals surface area contributed by atoms with Crippen LogP contribution in [0.5, 0.6) is 0 Å². The van der Waals surface area contributed by atoms with E-state index in [4.69, 9.17) is 4.74 Å². The molecule has 3 aromatic rings. The number of ketones is 1. The number of para-hydroxylation sites is 1. The van der Waals surface area contributed by atoms with Crippen LogP contribution in [0.2, 0.25) is 0 Å². The fourth-order valence-corrected chi connectivity index (χ4v) is 3.89. The molecule has 1 amide bonds. The second kappa shape index (κ2) is 8.24. The summed E-state index contributed by atoms with van der Waals surface area (Å²) in [5.41, 5.74) is 0.934. The number of hydrogen-bond donors (Lipinski definition) is 1. The first-order chi connectivity index (χ1) is 13.0. The molecule has 0 spiro atoms. The van der Waals surface area contributed by atoms with E-state index in [1.165, 1.54) is 36.5 Å². The quantitative estimate of drug-likeness (QED) is 0.494. The van der Waals surface area contributed by atoms with Crippen LogP contribution in [0, 0.1) is 0 Å². The van der Waals surface area contributed by atoms with E-state index < -0.39 is 18.0 Å². The molecule has 8 heteroatoms. The molecule has 0 fully saturated rings. The maximum Gasteiger partial charge on any atom is 0.358 e. The number of carbonyl (C=O) groups excluding carboxylic acids is 3. The van der Waals surface area contributed by atoms with Crippen LogP contribution in [0.1, 0.15) is 34.7 Å². The van der Waals surface area contributed by atoms with Gasteiger partial charge >= 0.3 is 5.97 Å². The number of aromatic nitrogens is 1. The molecule has 0 unspecified atom stereocenters. The third-order valence-electron chi connectivity index (χ3n) is 3.66. The van der Waals surface area contributed by atoms with E-state index in [9.17, 15) is 14.4 Å². The van der Waals surface area contributed by atoms with Crippen LogP contribution in [0.4, 0.5) is 5.69 Å². The summed E-state index contributed by atoms with van der Waals surface area (Å²) in [4.78, 5) is 41.5. The molecular formula is C19H16N2O4S2. The Morgan fingerprint density at radius 3 is 2.59 bits per heavy atom. The van der Waals surface area contributed by atoms with Gasteiger partial charge in [-0.3, -0.25) is 9.59 Å². The normalized spacial score (nSPS) is 11.6. The summed E-state index contributed by atoms with van der Waals surface area (Å²) in [6, 6.07) is 10.5. The van der Waals surface area contributed by atoms with Gasteiger partial charge in [0.2, 0.25) is 0 Å². The van der Waals surface area contributed by atoms with E-state index in [1.807, 2.05) is 17.5 Å². The number of rotatable bonds is 6. The molecule has 0 radical (unpaired) electrons. The van der Waals surface area contributed by atoms with Crippen LogP contribution in [-0.2, 0) is 9.53 Å². The van der Waals surface area contributed by atoms with Crippen molar-refractivity contribution in [2.45, 2.75) is 20.0 Å². The molecule has 1 N–H and O–H groups in total. The zero-order valence-corrected chi connectivity index (χ0v) is 16.2. The molecule has 0 aliphatic heterocycles. The van der Waals surface area contributed by atoms with E-state index in [0.29, 0.717) is 11.3 Å². The summed E-state index contributed by atoms with van der Waals surface area (Å²) in [7, 11) is 0. The van der Waals surface area contributed by atoms with Crippen molar-refractivity contribution < 1.29 is 19.1 Å². The Labute approximate surface area is 163 Å². The van der Waals surface area contributed by atoms with E-state index in [2.05, 4.69) is 10.3 Å². The van der Waals surface area contributed by atoms with Gasteiger partial charge in [-0.15, -0.1) is 22.7 Å². The first-order valence-electron chi connectivity index (χ1n) is 8.07. The zero-order chi connectivity index (χ0) is 19.4. The molecule has 138 valence electrons. The van der Waals surface area contributed by atoms with Crippen LogP contribution in [0.3, 0.4) is 0 Å². The van der Waals surface area contributed by atoms with Crippen LogP contribution in [-0.4, -0.2) is 28.7 Å². The van der Waals surface area contributed by atoms with Crippen LogP contribution >= 0.6 is 22.7 Å². The van der Waals surface area contributed by atoms with Crippen molar-refractivity contribution in [1.29, 1.82) is 0 Å². The third kappa shape index (κ3) is 4.47. The number of nitrogens with zero attached hydrogens (tertiary/aromatic N) is 1. The fourth-order valence-electron chi connectivity index (χ4n) is 2.29. The van der Waals surface area contributed by atoms with Gasteiger partial charge in [0.15, 0.2) is 17.6 Å². The second-order valence-electron chi connectivity index (χ2n) is 5.65. The largest absolute Gasteiger partial charge is 0.448 e. The number of anilines is 1. The Morgan fingerprint density at radius 2 is 1.89 bits per heavy atom. The van der Waals surface area contributed by atoms with Gasteiger partial charge < -0.3 is 10.1 Å². The molecule has 2 heterocycles. The Balaban J connectivity index is 1.65. The molecule has 6 nitrogen and oxygen atoms in total. The summed E-state index contributed by atoms with van der Waals surface area (Å²) in [5.74, 6) is -1.36. The summed E-state index contributed by atoms with van der Waals surface area (Å²) < 4.78 is 5.21. The predicted molar refractivity (Wildman–Crippen MR) is 105 cm³/mol. The summed E-state index contributed by atoms with van der Waals surface area (Å²) in [6.07, 6.45) is -1.04. The average molecular weight is 400 g/mol. The minimum Gasteiger partial charge on any atom is -0.448 e. The minimum atomic E-state index is -1.04. The highest BCUT2D eigenvalue weighted by Crippen LogP contribution is 2.28. The molecule has 2 aromatic heterocycles. The lowest BCUT2D eigenvalue weighted by atomic mass is 10.1. The van der Waals surface area contributed by atoms with Crippen LogP contribution in [0.25, 0.3) is 9.88 Å². The summed E-state index contributed by atoms with van der Waals surface area (Å²) in [5, 5.41) is 6.88. The summed E-state index contributed by atoms with van der Waals surface area (Å²) in [6.45, 7) is 2.89. The number of ether oxygens (including phenoxy) is 1. The van der Waals surface area contributed by atoms with Crippen molar-refractivity contribution in [3.05, 3.63) is 58.4 Å². The predicted octanol–water partition coefficient (Wildman–Crippen LogP) is 4.26. The molecule has 1 atom stereocenters. The maximum atomic E-state index is 12.3. The molecular weight excluding hydrogens is 384 g/mol. The van der Waals surface area contributed by atoms with Crippen molar-refractivity contribution in [3.63, 3.8) is 0 Å². The van der Waals surface area contributed by atoms with Gasteiger partial charge in [-0.05, 0) is 37.4 Å². The van der Waals surface area contributed by atoms with Crippen molar-refractivity contribution in [2.75, 3.05) is 5.32 Å². The monoisotopic (exact) mass is 400 g/mol. The lowest BCUT2D eigenvalue weighted by molar-refractivity contribution is -0.123. The highest BCUT2D eigenvalue weighted by Gasteiger charge is 2.22. The van der Waals surface area contributed by atoms with E-state index in [0.717, 1.165) is 9.88 Å². The molecule has 0 saturated heterocycles. The number of thiophene rings is 1. The van der Waals surface area contributed by atoms with E-state index >= 15 is 0 Å². The fraction of sp³-hybridized carbons (Fsp3) is 0.158. The number of benzene rings is 1. The molecule has 0 aliphatic rings. The van der Waals surface area contributed by atoms with Gasteiger partial charge in [0, 0.05) is 10.9 Å². The smallest absolute Gasteiger partial charge is 0.358 e. The maximum absolute atomic E-state index is 12.3. The standard InChI is InChI=1S/C19H16N2O4S2/c1-11(22)13-6-3-4-7-14(13)20-17(23)12(2)25-19(24)15-10-27-18(21-15)16-8-5-9-26-16/h3-10,12H,1-2H3,(H,20,23)/t12-/m1/s1. The van der Waals surface area contributed by atoms with E-state index in [-0.39, 0.29) is 11.5 Å². The molecule has 0 saturated carbocycles. The van der Waals surface area contributed by atoms with Crippen LogP contribution < -0.4 is 5.32 Å². The zero-order valence-electron chi connectivity index (χ0n) is 14.6. The van der Waals surface area contributed by atoms with Crippen LogP contribution in [0.15, 0.2) is 47.2 Å². The minimum absolute atomic E-state index is 0.159. The second-order valence-corrected chi connectivity index (χ2v) is 7.46. The van der Waals surface area contributed by atoms with Crippen molar-refractivity contribution in [1.82, 2.24) is 4.98 Å². The van der Waals surface area contributed by atoms with E-state index in [1.54, 1.807) is 29.6 Å². The Kier molecular flexibility index (Phi) is 5.78. The van der Waals surface area contributed by atoms with Crippen molar-refractivity contribution in [2.24, 2.45) is 0 Å². The van der Waals surface area contributed by atoms with Gasteiger partial charge in [0.1, 0.15) is 5.01 Å². The Bertz CT molecular complexity index is 979.